The number of rotatable bonds is 5. The molecule has 0 saturated heterocycles. The van der Waals surface area contributed by atoms with E-state index >= 15 is 0 Å². The summed E-state index contributed by atoms with van der Waals surface area (Å²) in [7, 11) is 0. The van der Waals surface area contributed by atoms with Crippen LogP contribution in [0.5, 0.6) is 0 Å². The van der Waals surface area contributed by atoms with E-state index < -0.39 is 0 Å². The van der Waals surface area contributed by atoms with Gasteiger partial charge in [0.25, 0.3) is 0 Å². The minimum Gasteiger partial charge on any atom is -0.309 e. The van der Waals surface area contributed by atoms with Gasteiger partial charge in [0.15, 0.2) is 0 Å². The highest BCUT2D eigenvalue weighted by Crippen LogP contribution is 2.20. The molecular weight excluding hydrogens is 204 g/mol. The van der Waals surface area contributed by atoms with Crippen LogP contribution in [-0.2, 0) is 13.0 Å². The molecule has 84 valence electrons. The number of nitrogens with one attached hydrogen (secondary N) is 1. The number of aromatic nitrogens is 1. The van der Waals surface area contributed by atoms with Crippen LogP contribution in [-0.4, -0.2) is 11.0 Å². The molecule has 1 fully saturated rings. The van der Waals surface area contributed by atoms with Crippen LogP contribution in [0, 0.1) is 0 Å². The summed E-state index contributed by atoms with van der Waals surface area (Å²) in [6.45, 7) is 3.25. The number of aryl methyl sites for hydroxylation is 1. The SMILES string of the molecule is CCCc1ncsc1CNC1CCCC1. The van der Waals surface area contributed by atoms with Crippen LogP contribution in [0.2, 0.25) is 0 Å². The quantitative estimate of drug-likeness (QED) is 0.831. The van der Waals surface area contributed by atoms with Crippen molar-refractivity contribution in [3.8, 4) is 0 Å². The maximum atomic E-state index is 4.43. The van der Waals surface area contributed by atoms with Crippen LogP contribution in [0.1, 0.15) is 49.6 Å². The molecule has 1 saturated carbocycles. The van der Waals surface area contributed by atoms with Gasteiger partial charge >= 0.3 is 0 Å². The van der Waals surface area contributed by atoms with Gasteiger partial charge in [-0.3, -0.25) is 0 Å². The summed E-state index contributed by atoms with van der Waals surface area (Å²) < 4.78 is 0. The molecule has 3 heteroatoms. The lowest BCUT2D eigenvalue weighted by Crippen LogP contribution is -2.25. The zero-order valence-corrected chi connectivity index (χ0v) is 10.3. The Hall–Kier alpha value is -0.410. The van der Waals surface area contributed by atoms with E-state index in [9.17, 15) is 0 Å². The molecule has 0 unspecified atom stereocenters. The molecule has 0 aliphatic heterocycles. The molecule has 1 heterocycles. The highest BCUT2D eigenvalue weighted by molar-refractivity contribution is 7.09. The van der Waals surface area contributed by atoms with Crippen molar-refractivity contribution in [3.05, 3.63) is 16.1 Å². The van der Waals surface area contributed by atoms with E-state index in [-0.39, 0.29) is 0 Å². The van der Waals surface area contributed by atoms with Gasteiger partial charge < -0.3 is 5.32 Å². The second-order valence-electron chi connectivity index (χ2n) is 4.33. The maximum absolute atomic E-state index is 4.43. The standard InChI is InChI=1S/C12H20N2S/c1-2-5-11-12(15-9-14-11)8-13-10-6-3-4-7-10/h9-10,13H,2-8H2,1H3. The van der Waals surface area contributed by atoms with Gasteiger partial charge in [0.1, 0.15) is 0 Å². The van der Waals surface area contributed by atoms with E-state index in [1.54, 1.807) is 11.3 Å². The van der Waals surface area contributed by atoms with Crippen LogP contribution in [0.4, 0.5) is 0 Å². The second kappa shape index (κ2) is 5.61. The molecule has 0 spiro atoms. The van der Waals surface area contributed by atoms with E-state index in [0.717, 1.165) is 19.0 Å². The molecule has 0 atom stereocenters. The van der Waals surface area contributed by atoms with Crippen molar-refractivity contribution in [2.24, 2.45) is 0 Å². The van der Waals surface area contributed by atoms with Crippen molar-refractivity contribution in [2.45, 2.75) is 58.0 Å². The molecule has 1 aromatic rings. The van der Waals surface area contributed by atoms with Gasteiger partial charge in [0.05, 0.1) is 11.2 Å². The van der Waals surface area contributed by atoms with Crippen LogP contribution in [0.25, 0.3) is 0 Å². The Kier molecular flexibility index (Phi) is 4.15. The third-order valence-electron chi connectivity index (χ3n) is 3.12. The molecule has 0 bridgehead atoms. The van der Waals surface area contributed by atoms with Crippen molar-refractivity contribution in [2.75, 3.05) is 0 Å². The Morgan fingerprint density at radius 1 is 1.47 bits per heavy atom. The first-order chi connectivity index (χ1) is 7.40. The second-order valence-corrected chi connectivity index (χ2v) is 5.27. The average Bonchev–Trinajstić information content (AvgIpc) is 2.85. The van der Waals surface area contributed by atoms with Gasteiger partial charge in [0, 0.05) is 17.5 Å². The topological polar surface area (TPSA) is 24.9 Å². The number of hydrogen-bond acceptors (Lipinski definition) is 3. The Labute approximate surface area is 96.1 Å². The number of nitrogens with zero attached hydrogens (tertiary/aromatic N) is 1. The van der Waals surface area contributed by atoms with Crippen molar-refractivity contribution in [1.29, 1.82) is 0 Å². The molecular formula is C12H20N2S. The van der Waals surface area contributed by atoms with Crippen LogP contribution < -0.4 is 5.32 Å². The molecule has 2 nitrogen and oxygen atoms in total. The summed E-state index contributed by atoms with van der Waals surface area (Å²) in [5, 5.41) is 3.65. The van der Waals surface area contributed by atoms with Crippen LogP contribution in [0.3, 0.4) is 0 Å². The third kappa shape index (κ3) is 3.02. The molecule has 0 aromatic carbocycles. The zero-order chi connectivity index (χ0) is 10.5. The predicted molar refractivity (Wildman–Crippen MR) is 65.2 cm³/mol. The summed E-state index contributed by atoms with van der Waals surface area (Å²) >= 11 is 1.80. The van der Waals surface area contributed by atoms with Gasteiger partial charge in [-0.15, -0.1) is 11.3 Å². The van der Waals surface area contributed by atoms with Gasteiger partial charge in [-0.1, -0.05) is 26.2 Å². The predicted octanol–water partition coefficient (Wildman–Crippen LogP) is 3.13. The Balaban J connectivity index is 1.83. The van der Waals surface area contributed by atoms with Crippen LogP contribution in [0.15, 0.2) is 5.51 Å². The Morgan fingerprint density at radius 2 is 2.27 bits per heavy atom. The molecule has 1 aliphatic carbocycles. The highest BCUT2D eigenvalue weighted by Gasteiger charge is 2.15. The molecule has 0 amide bonds. The molecule has 1 aromatic heterocycles. The Morgan fingerprint density at radius 3 is 3.00 bits per heavy atom. The Bertz CT molecular complexity index is 290. The van der Waals surface area contributed by atoms with Crippen LogP contribution >= 0.6 is 11.3 Å². The number of thiazole rings is 1. The summed E-state index contributed by atoms with van der Waals surface area (Å²) in [6, 6.07) is 0.765. The minimum atomic E-state index is 0.765. The summed E-state index contributed by atoms with van der Waals surface area (Å²) in [6.07, 6.45) is 7.86. The van der Waals surface area contributed by atoms with Gasteiger partial charge in [-0.05, 0) is 19.3 Å². The maximum Gasteiger partial charge on any atom is 0.0798 e. The summed E-state index contributed by atoms with van der Waals surface area (Å²) in [5.41, 5.74) is 3.30. The fraction of sp³-hybridized carbons (Fsp3) is 0.750. The normalized spacial score (nSPS) is 17.4. The van der Waals surface area contributed by atoms with Crippen molar-refractivity contribution in [3.63, 3.8) is 0 Å². The fourth-order valence-corrected chi connectivity index (χ4v) is 3.01. The fourth-order valence-electron chi connectivity index (χ4n) is 2.25. The zero-order valence-electron chi connectivity index (χ0n) is 9.46. The summed E-state index contributed by atoms with van der Waals surface area (Å²) in [4.78, 5) is 5.88. The van der Waals surface area contributed by atoms with Crippen molar-refractivity contribution in [1.82, 2.24) is 10.3 Å². The summed E-state index contributed by atoms with van der Waals surface area (Å²) in [5.74, 6) is 0. The first-order valence-corrected chi connectivity index (χ1v) is 6.92. The lowest BCUT2D eigenvalue weighted by molar-refractivity contribution is 0.525. The molecule has 15 heavy (non-hydrogen) atoms. The number of hydrogen-bond donors (Lipinski definition) is 1. The molecule has 1 N–H and O–H groups in total. The highest BCUT2D eigenvalue weighted by atomic mass is 32.1. The largest absolute Gasteiger partial charge is 0.309 e. The van der Waals surface area contributed by atoms with Gasteiger partial charge in [-0.2, -0.15) is 0 Å². The lowest BCUT2D eigenvalue weighted by Gasteiger charge is -2.11. The molecule has 0 radical (unpaired) electrons. The first kappa shape index (κ1) is 11.1. The van der Waals surface area contributed by atoms with E-state index in [2.05, 4.69) is 17.2 Å². The van der Waals surface area contributed by atoms with E-state index in [1.807, 2.05) is 5.51 Å². The van der Waals surface area contributed by atoms with Crippen molar-refractivity contribution >= 4 is 11.3 Å². The van der Waals surface area contributed by atoms with Gasteiger partial charge in [0.2, 0.25) is 0 Å². The van der Waals surface area contributed by atoms with E-state index in [4.69, 9.17) is 0 Å². The monoisotopic (exact) mass is 224 g/mol. The molecule has 2 rings (SSSR count). The average molecular weight is 224 g/mol. The van der Waals surface area contributed by atoms with Crippen molar-refractivity contribution < 1.29 is 0 Å². The smallest absolute Gasteiger partial charge is 0.0798 e. The lowest BCUT2D eigenvalue weighted by atomic mass is 10.2. The third-order valence-corrected chi connectivity index (χ3v) is 3.99. The van der Waals surface area contributed by atoms with E-state index in [0.29, 0.717) is 0 Å². The molecule has 1 aliphatic rings. The van der Waals surface area contributed by atoms with E-state index in [1.165, 1.54) is 42.7 Å². The first-order valence-electron chi connectivity index (χ1n) is 6.04. The van der Waals surface area contributed by atoms with Gasteiger partial charge in [-0.25, -0.2) is 4.98 Å². The minimum absolute atomic E-state index is 0.765.